The fourth-order valence-electron chi connectivity index (χ4n) is 1.85. The smallest absolute Gasteiger partial charge is 0.214 e. The molecule has 7 heteroatoms. The van der Waals surface area contributed by atoms with E-state index in [1.807, 2.05) is 0 Å². The van der Waals surface area contributed by atoms with E-state index in [2.05, 4.69) is 15.1 Å². The Morgan fingerprint density at radius 2 is 1.60 bits per heavy atom. The third-order valence-electron chi connectivity index (χ3n) is 2.70. The van der Waals surface area contributed by atoms with Crippen molar-refractivity contribution in [3.63, 3.8) is 0 Å². The van der Waals surface area contributed by atoms with E-state index >= 15 is 0 Å². The fraction of sp³-hybridized carbons (Fsp3) is 0. The van der Waals surface area contributed by atoms with Crippen LogP contribution in [0.1, 0.15) is 0 Å². The fourth-order valence-corrected chi connectivity index (χ4v) is 2.44. The minimum Gasteiger partial charge on any atom is -0.380 e. The molecule has 20 heavy (non-hydrogen) atoms. The van der Waals surface area contributed by atoms with Gasteiger partial charge in [0.2, 0.25) is 5.76 Å². The van der Waals surface area contributed by atoms with Crippen molar-refractivity contribution in [2.75, 3.05) is 5.73 Å². The van der Waals surface area contributed by atoms with Gasteiger partial charge < -0.3 is 10.3 Å². The zero-order valence-electron chi connectivity index (χ0n) is 10.0. The van der Waals surface area contributed by atoms with E-state index in [1.54, 1.807) is 36.7 Å². The van der Waals surface area contributed by atoms with Gasteiger partial charge in [0.15, 0.2) is 11.6 Å². The summed E-state index contributed by atoms with van der Waals surface area (Å²) in [4.78, 5) is 8.24. The van der Waals surface area contributed by atoms with E-state index in [4.69, 9.17) is 33.5 Å². The average Bonchev–Trinajstić information content (AvgIpc) is 2.82. The molecule has 3 aromatic rings. The van der Waals surface area contributed by atoms with E-state index in [0.29, 0.717) is 32.8 Å². The summed E-state index contributed by atoms with van der Waals surface area (Å²) in [5.41, 5.74) is 6.92. The molecular formula is C13H8Cl2N4O. The first-order valence-electron chi connectivity index (χ1n) is 5.65. The zero-order valence-corrected chi connectivity index (χ0v) is 11.6. The molecule has 0 aliphatic heterocycles. The molecule has 0 bridgehead atoms. The SMILES string of the molecule is Nc1noc(-c2ncccn2)c1-c1c(Cl)cccc1Cl. The Labute approximate surface area is 124 Å². The number of aromatic nitrogens is 3. The highest BCUT2D eigenvalue weighted by atomic mass is 35.5. The second kappa shape index (κ2) is 5.11. The summed E-state index contributed by atoms with van der Waals surface area (Å²) in [5, 5.41) is 4.65. The van der Waals surface area contributed by atoms with Crippen LogP contribution in [0.5, 0.6) is 0 Å². The second-order valence-corrected chi connectivity index (χ2v) is 4.76. The van der Waals surface area contributed by atoms with Gasteiger partial charge in [-0.1, -0.05) is 34.4 Å². The number of anilines is 1. The minimum atomic E-state index is 0.183. The molecule has 0 amide bonds. The van der Waals surface area contributed by atoms with E-state index in [1.165, 1.54) is 0 Å². The summed E-state index contributed by atoms with van der Waals surface area (Å²) in [6.45, 7) is 0. The molecule has 3 rings (SSSR count). The Kier molecular flexibility index (Phi) is 3.30. The first-order valence-corrected chi connectivity index (χ1v) is 6.41. The summed E-state index contributed by atoms with van der Waals surface area (Å²) in [6.07, 6.45) is 3.19. The zero-order chi connectivity index (χ0) is 14.1. The highest BCUT2D eigenvalue weighted by Crippen LogP contribution is 2.42. The van der Waals surface area contributed by atoms with Crippen LogP contribution in [0.2, 0.25) is 10.0 Å². The molecule has 0 fully saturated rings. The topological polar surface area (TPSA) is 77.8 Å². The predicted molar refractivity (Wildman–Crippen MR) is 77.4 cm³/mol. The molecule has 0 atom stereocenters. The van der Waals surface area contributed by atoms with E-state index < -0.39 is 0 Å². The number of nitrogen functional groups attached to an aromatic ring is 1. The van der Waals surface area contributed by atoms with Gasteiger partial charge in [-0.3, -0.25) is 0 Å². The predicted octanol–water partition coefficient (Wildman–Crippen LogP) is 3.69. The molecular weight excluding hydrogens is 299 g/mol. The Balaban J connectivity index is 2.28. The Morgan fingerprint density at radius 3 is 2.25 bits per heavy atom. The molecule has 2 N–H and O–H groups in total. The van der Waals surface area contributed by atoms with Gasteiger partial charge in [-0.05, 0) is 18.2 Å². The van der Waals surface area contributed by atoms with Gasteiger partial charge in [0.25, 0.3) is 0 Å². The maximum atomic E-state index is 6.20. The third kappa shape index (κ3) is 2.11. The van der Waals surface area contributed by atoms with E-state index in [0.717, 1.165) is 0 Å². The molecule has 0 radical (unpaired) electrons. The van der Waals surface area contributed by atoms with Crippen LogP contribution in [0.25, 0.3) is 22.7 Å². The van der Waals surface area contributed by atoms with Crippen LogP contribution < -0.4 is 5.73 Å². The molecule has 0 saturated carbocycles. The molecule has 2 aromatic heterocycles. The first-order chi connectivity index (χ1) is 9.68. The van der Waals surface area contributed by atoms with Crippen molar-refractivity contribution in [1.29, 1.82) is 0 Å². The molecule has 5 nitrogen and oxygen atoms in total. The number of hydrogen-bond donors (Lipinski definition) is 1. The number of nitrogens with zero attached hydrogens (tertiary/aromatic N) is 3. The quantitative estimate of drug-likeness (QED) is 0.781. The normalized spacial score (nSPS) is 10.7. The van der Waals surface area contributed by atoms with Gasteiger partial charge in [-0.2, -0.15) is 0 Å². The van der Waals surface area contributed by atoms with Crippen molar-refractivity contribution < 1.29 is 4.52 Å². The monoisotopic (exact) mass is 306 g/mol. The van der Waals surface area contributed by atoms with Crippen molar-refractivity contribution in [2.45, 2.75) is 0 Å². The van der Waals surface area contributed by atoms with E-state index in [9.17, 15) is 0 Å². The highest BCUT2D eigenvalue weighted by molar-refractivity contribution is 6.39. The first kappa shape index (κ1) is 12.9. The molecule has 0 spiro atoms. The summed E-state index contributed by atoms with van der Waals surface area (Å²) >= 11 is 12.4. The standard InChI is InChI=1S/C13H8Cl2N4O/c14-7-3-1-4-8(15)9(7)10-11(20-19-12(10)16)13-17-5-2-6-18-13/h1-6H,(H2,16,19). The third-order valence-corrected chi connectivity index (χ3v) is 3.33. The van der Waals surface area contributed by atoms with Crippen molar-refractivity contribution >= 4 is 29.0 Å². The molecule has 100 valence electrons. The summed E-state index contributed by atoms with van der Waals surface area (Å²) in [6, 6.07) is 6.87. The molecule has 0 saturated heterocycles. The Bertz CT molecular complexity index is 738. The maximum absolute atomic E-state index is 6.20. The van der Waals surface area contributed by atoms with Crippen LogP contribution in [-0.4, -0.2) is 15.1 Å². The van der Waals surface area contributed by atoms with Crippen molar-refractivity contribution in [2.24, 2.45) is 0 Å². The van der Waals surface area contributed by atoms with Crippen LogP contribution in [-0.2, 0) is 0 Å². The lowest BCUT2D eigenvalue weighted by Crippen LogP contribution is -1.92. The van der Waals surface area contributed by atoms with E-state index in [-0.39, 0.29) is 5.82 Å². The van der Waals surface area contributed by atoms with Crippen LogP contribution in [0.3, 0.4) is 0 Å². The maximum Gasteiger partial charge on any atom is 0.214 e. The van der Waals surface area contributed by atoms with Gasteiger partial charge in [-0.15, -0.1) is 0 Å². The number of halogens is 2. The molecule has 0 unspecified atom stereocenters. The van der Waals surface area contributed by atoms with Gasteiger partial charge in [-0.25, -0.2) is 9.97 Å². The molecule has 0 aliphatic rings. The average molecular weight is 307 g/mol. The Morgan fingerprint density at radius 1 is 0.950 bits per heavy atom. The summed E-state index contributed by atoms with van der Waals surface area (Å²) in [5.74, 6) is 0.878. The van der Waals surface area contributed by atoms with Gasteiger partial charge in [0.1, 0.15) is 0 Å². The molecule has 1 aromatic carbocycles. The van der Waals surface area contributed by atoms with Crippen LogP contribution in [0, 0.1) is 0 Å². The van der Waals surface area contributed by atoms with Gasteiger partial charge >= 0.3 is 0 Å². The number of nitrogens with two attached hydrogens (primary N) is 1. The largest absolute Gasteiger partial charge is 0.380 e. The van der Waals surface area contributed by atoms with Gasteiger partial charge in [0, 0.05) is 18.0 Å². The lowest BCUT2D eigenvalue weighted by atomic mass is 10.1. The molecule has 0 aliphatic carbocycles. The van der Waals surface area contributed by atoms with Crippen LogP contribution in [0.4, 0.5) is 5.82 Å². The van der Waals surface area contributed by atoms with Crippen LogP contribution in [0.15, 0.2) is 41.2 Å². The van der Waals surface area contributed by atoms with Crippen molar-refractivity contribution in [1.82, 2.24) is 15.1 Å². The number of benzene rings is 1. The highest BCUT2D eigenvalue weighted by Gasteiger charge is 2.23. The summed E-state index contributed by atoms with van der Waals surface area (Å²) in [7, 11) is 0. The second-order valence-electron chi connectivity index (χ2n) is 3.94. The summed E-state index contributed by atoms with van der Waals surface area (Å²) < 4.78 is 5.23. The van der Waals surface area contributed by atoms with Crippen LogP contribution >= 0.6 is 23.2 Å². The molecule has 2 heterocycles. The minimum absolute atomic E-state index is 0.183. The number of hydrogen-bond acceptors (Lipinski definition) is 5. The Hall–Kier alpha value is -2.11. The van der Waals surface area contributed by atoms with Crippen molar-refractivity contribution in [3.8, 4) is 22.7 Å². The number of rotatable bonds is 2. The lowest BCUT2D eigenvalue weighted by molar-refractivity contribution is 0.433. The van der Waals surface area contributed by atoms with Crippen molar-refractivity contribution in [3.05, 3.63) is 46.7 Å². The lowest BCUT2D eigenvalue weighted by Gasteiger charge is -2.06. The van der Waals surface area contributed by atoms with Gasteiger partial charge in [0.05, 0.1) is 15.6 Å².